The number of carbonyl (C=O) groups excluding carboxylic acids is 4. The highest BCUT2D eigenvalue weighted by molar-refractivity contribution is 5.92. The van der Waals surface area contributed by atoms with Crippen LogP contribution in [0.15, 0.2) is 66.7 Å². The molecule has 0 aliphatic heterocycles. The number of hydrogen-bond donors (Lipinski definition) is 0. The van der Waals surface area contributed by atoms with Crippen LogP contribution in [0.1, 0.15) is 47.1 Å². The van der Waals surface area contributed by atoms with Crippen LogP contribution in [0, 0.1) is 6.92 Å². The SMILES string of the molecule is CCOC(=O)Oc1ccc(C(=O)Oc2ccc(OC(=O)c3ccc(OC(=O)OC(C)C)cc3)c(C)c2)cc1. The van der Waals surface area contributed by atoms with E-state index in [4.69, 9.17) is 28.4 Å². The molecule has 0 fully saturated rings. The molecule has 198 valence electrons. The zero-order chi connectivity index (χ0) is 27.7. The summed E-state index contributed by atoms with van der Waals surface area (Å²) in [6.45, 7) is 6.93. The van der Waals surface area contributed by atoms with Crippen LogP contribution in [0.3, 0.4) is 0 Å². The van der Waals surface area contributed by atoms with Crippen molar-refractivity contribution in [1.29, 1.82) is 0 Å². The number of ether oxygens (including phenoxy) is 6. The standard InChI is InChI=1S/C28H26O10/c1-5-33-27(31)36-21-10-6-19(7-11-21)25(29)35-23-14-15-24(18(4)16-23)38-26(30)20-8-12-22(13-9-20)37-28(32)34-17(2)3/h6-17H,5H2,1-4H3. The molecule has 0 aliphatic carbocycles. The molecule has 0 bridgehead atoms. The molecule has 0 N–H and O–H groups in total. The van der Waals surface area contributed by atoms with E-state index >= 15 is 0 Å². The third kappa shape index (κ3) is 8.09. The van der Waals surface area contributed by atoms with E-state index in [1.807, 2.05) is 0 Å². The van der Waals surface area contributed by atoms with Gasteiger partial charge in [-0.25, -0.2) is 19.2 Å². The molecule has 3 rings (SSSR count). The van der Waals surface area contributed by atoms with E-state index in [1.165, 1.54) is 60.7 Å². The Hall–Kier alpha value is -4.86. The van der Waals surface area contributed by atoms with E-state index in [1.54, 1.807) is 33.8 Å². The summed E-state index contributed by atoms with van der Waals surface area (Å²) < 4.78 is 30.4. The van der Waals surface area contributed by atoms with Crippen molar-refractivity contribution in [2.75, 3.05) is 6.61 Å². The molecule has 0 saturated heterocycles. The second-order valence-corrected chi connectivity index (χ2v) is 8.06. The predicted molar refractivity (Wildman–Crippen MR) is 134 cm³/mol. The molecule has 0 spiro atoms. The first kappa shape index (κ1) is 27.7. The largest absolute Gasteiger partial charge is 0.514 e. The summed E-state index contributed by atoms with van der Waals surface area (Å²) in [5.41, 5.74) is 1.03. The van der Waals surface area contributed by atoms with Crippen LogP contribution >= 0.6 is 0 Å². The maximum absolute atomic E-state index is 12.5. The van der Waals surface area contributed by atoms with Gasteiger partial charge in [-0.05, 0) is 100.0 Å². The third-order valence-corrected chi connectivity index (χ3v) is 4.74. The van der Waals surface area contributed by atoms with Crippen molar-refractivity contribution in [3.63, 3.8) is 0 Å². The minimum Gasteiger partial charge on any atom is -0.434 e. The van der Waals surface area contributed by atoms with Crippen LogP contribution in [-0.2, 0) is 9.47 Å². The van der Waals surface area contributed by atoms with Crippen molar-refractivity contribution in [2.24, 2.45) is 0 Å². The molecule has 0 heterocycles. The van der Waals surface area contributed by atoms with E-state index in [2.05, 4.69) is 0 Å². The summed E-state index contributed by atoms with van der Waals surface area (Å²) in [4.78, 5) is 48.0. The molecular formula is C28H26O10. The smallest absolute Gasteiger partial charge is 0.434 e. The minimum atomic E-state index is -0.841. The van der Waals surface area contributed by atoms with Crippen molar-refractivity contribution in [3.8, 4) is 23.0 Å². The van der Waals surface area contributed by atoms with Gasteiger partial charge in [0, 0.05) is 0 Å². The average Bonchev–Trinajstić information content (AvgIpc) is 2.86. The van der Waals surface area contributed by atoms with Gasteiger partial charge in [0.2, 0.25) is 0 Å². The Morgan fingerprint density at radius 1 is 0.658 bits per heavy atom. The molecule has 0 amide bonds. The summed E-state index contributed by atoms with van der Waals surface area (Å²) >= 11 is 0. The number of hydrogen-bond acceptors (Lipinski definition) is 10. The average molecular weight is 523 g/mol. The maximum atomic E-state index is 12.5. The van der Waals surface area contributed by atoms with E-state index in [9.17, 15) is 19.2 Å². The molecule has 38 heavy (non-hydrogen) atoms. The van der Waals surface area contributed by atoms with Crippen molar-refractivity contribution < 1.29 is 47.6 Å². The molecule has 10 heteroatoms. The number of rotatable bonds is 8. The lowest BCUT2D eigenvalue weighted by Gasteiger charge is -2.11. The number of aryl methyl sites for hydroxylation is 1. The Kier molecular flexibility index (Phi) is 9.42. The summed E-state index contributed by atoms with van der Waals surface area (Å²) in [5.74, 6) is -0.297. The topological polar surface area (TPSA) is 124 Å². The molecule has 3 aromatic carbocycles. The van der Waals surface area contributed by atoms with Crippen LogP contribution in [0.5, 0.6) is 23.0 Å². The molecular weight excluding hydrogens is 496 g/mol. The highest BCUT2D eigenvalue weighted by atomic mass is 16.7. The molecule has 10 nitrogen and oxygen atoms in total. The van der Waals surface area contributed by atoms with E-state index < -0.39 is 24.2 Å². The molecule has 0 unspecified atom stereocenters. The maximum Gasteiger partial charge on any atom is 0.514 e. The normalized spacial score (nSPS) is 10.3. The number of benzene rings is 3. The van der Waals surface area contributed by atoms with Gasteiger partial charge in [-0.3, -0.25) is 0 Å². The summed E-state index contributed by atoms with van der Waals surface area (Å²) in [6.07, 6.45) is -2.00. The quantitative estimate of drug-likeness (QED) is 0.201. The fraction of sp³-hybridized carbons (Fsp3) is 0.214. The van der Waals surface area contributed by atoms with E-state index in [-0.39, 0.29) is 46.8 Å². The van der Waals surface area contributed by atoms with Crippen LogP contribution in [0.4, 0.5) is 9.59 Å². The summed E-state index contributed by atoms with van der Waals surface area (Å²) in [7, 11) is 0. The van der Waals surface area contributed by atoms with Gasteiger partial charge in [0.1, 0.15) is 23.0 Å². The Balaban J connectivity index is 1.57. The predicted octanol–water partition coefficient (Wildman–Crippen LogP) is 5.89. The fourth-order valence-electron chi connectivity index (χ4n) is 3.00. The van der Waals surface area contributed by atoms with Gasteiger partial charge >= 0.3 is 24.2 Å². The molecule has 3 aromatic rings. The zero-order valence-corrected chi connectivity index (χ0v) is 21.2. The Morgan fingerprint density at radius 3 is 1.66 bits per heavy atom. The second kappa shape index (κ2) is 12.9. The fourth-order valence-corrected chi connectivity index (χ4v) is 3.00. The lowest BCUT2D eigenvalue weighted by molar-refractivity contribution is 0.0716. The molecule has 0 radical (unpaired) electrons. The summed E-state index contributed by atoms with van der Waals surface area (Å²) in [5, 5.41) is 0. The monoisotopic (exact) mass is 522 g/mol. The lowest BCUT2D eigenvalue weighted by atomic mass is 10.2. The van der Waals surface area contributed by atoms with Gasteiger partial charge in [0.05, 0.1) is 23.8 Å². The van der Waals surface area contributed by atoms with Crippen molar-refractivity contribution in [2.45, 2.75) is 33.8 Å². The van der Waals surface area contributed by atoms with Gasteiger partial charge in [-0.1, -0.05) is 0 Å². The van der Waals surface area contributed by atoms with E-state index in [0.717, 1.165) is 0 Å². The second-order valence-electron chi connectivity index (χ2n) is 8.06. The highest BCUT2D eigenvalue weighted by Crippen LogP contribution is 2.26. The number of esters is 2. The molecule has 0 aromatic heterocycles. The van der Waals surface area contributed by atoms with E-state index in [0.29, 0.717) is 5.56 Å². The van der Waals surface area contributed by atoms with Crippen LogP contribution < -0.4 is 18.9 Å². The van der Waals surface area contributed by atoms with Crippen molar-refractivity contribution >= 4 is 24.2 Å². The lowest BCUT2D eigenvalue weighted by Crippen LogP contribution is -2.15. The first-order valence-electron chi connectivity index (χ1n) is 11.6. The van der Waals surface area contributed by atoms with Crippen LogP contribution in [0.25, 0.3) is 0 Å². The highest BCUT2D eigenvalue weighted by Gasteiger charge is 2.15. The van der Waals surface area contributed by atoms with Crippen LogP contribution in [-0.4, -0.2) is 37.0 Å². The molecule has 0 atom stereocenters. The van der Waals surface area contributed by atoms with Crippen LogP contribution in [0.2, 0.25) is 0 Å². The van der Waals surface area contributed by atoms with Gasteiger partial charge in [0.25, 0.3) is 0 Å². The Bertz CT molecular complexity index is 1290. The van der Waals surface area contributed by atoms with Crippen molar-refractivity contribution in [1.82, 2.24) is 0 Å². The van der Waals surface area contributed by atoms with Crippen molar-refractivity contribution in [3.05, 3.63) is 83.4 Å². The zero-order valence-electron chi connectivity index (χ0n) is 21.2. The Labute approximate surface area is 219 Å². The first-order valence-corrected chi connectivity index (χ1v) is 11.6. The Morgan fingerprint density at radius 2 is 1.16 bits per heavy atom. The first-order chi connectivity index (χ1) is 18.1. The third-order valence-electron chi connectivity index (χ3n) is 4.74. The van der Waals surface area contributed by atoms with Gasteiger partial charge < -0.3 is 28.4 Å². The van der Waals surface area contributed by atoms with Gasteiger partial charge in [0.15, 0.2) is 0 Å². The molecule has 0 saturated carbocycles. The van der Waals surface area contributed by atoms with Gasteiger partial charge in [-0.15, -0.1) is 0 Å². The number of carbonyl (C=O) groups is 4. The summed E-state index contributed by atoms with van der Waals surface area (Å²) in [6, 6.07) is 16.1. The van der Waals surface area contributed by atoms with Gasteiger partial charge in [-0.2, -0.15) is 0 Å². The minimum absolute atomic E-state index is 0.182. The molecule has 0 aliphatic rings.